The van der Waals surface area contributed by atoms with Crippen molar-refractivity contribution in [3.8, 4) is 11.5 Å². The van der Waals surface area contributed by atoms with Crippen LogP contribution in [0.15, 0.2) is 72.8 Å². The van der Waals surface area contributed by atoms with E-state index in [-0.39, 0.29) is 30.5 Å². The molecule has 0 saturated heterocycles. The van der Waals surface area contributed by atoms with Gasteiger partial charge < -0.3 is 30.7 Å². The van der Waals surface area contributed by atoms with E-state index in [0.29, 0.717) is 35.0 Å². The van der Waals surface area contributed by atoms with Gasteiger partial charge in [0.1, 0.15) is 11.5 Å². The van der Waals surface area contributed by atoms with Crippen LogP contribution in [-0.2, 0) is 11.3 Å². The molecule has 0 heterocycles. The summed E-state index contributed by atoms with van der Waals surface area (Å²) in [7, 11) is 1.56. The number of methoxy groups -OCH3 is 1. The zero-order valence-corrected chi connectivity index (χ0v) is 20.5. The fraction of sp³-hybridized carbons (Fsp3) is 0.222. The minimum Gasteiger partial charge on any atom is -0.497 e. The van der Waals surface area contributed by atoms with Crippen molar-refractivity contribution >= 4 is 29.2 Å². The summed E-state index contributed by atoms with van der Waals surface area (Å²) in [5.41, 5.74) is 2.63. The molecule has 0 aliphatic heterocycles. The molecule has 0 radical (unpaired) electrons. The molecule has 0 aromatic heterocycles. The van der Waals surface area contributed by atoms with E-state index in [4.69, 9.17) is 9.47 Å². The largest absolute Gasteiger partial charge is 0.497 e. The molecule has 3 aromatic carbocycles. The van der Waals surface area contributed by atoms with Crippen LogP contribution in [0.1, 0.15) is 29.8 Å². The fourth-order valence-electron chi connectivity index (χ4n) is 3.17. The van der Waals surface area contributed by atoms with E-state index in [1.54, 1.807) is 67.8 Å². The van der Waals surface area contributed by atoms with Gasteiger partial charge in [-0.05, 0) is 67.9 Å². The van der Waals surface area contributed by atoms with E-state index in [2.05, 4.69) is 21.3 Å². The second-order valence-electron chi connectivity index (χ2n) is 8.23. The third kappa shape index (κ3) is 8.35. The number of urea groups is 1. The van der Waals surface area contributed by atoms with E-state index in [0.717, 1.165) is 5.56 Å². The lowest BCUT2D eigenvalue weighted by molar-refractivity contribution is -0.118. The van der Waals surface area contributed by atoms with E-state index in [9.17, 15) is 14.4 Å². The van der Waals surface area contributed by atoms with Crippen LogP contribution in [0.2, 0.25) is 0 Å². The van der Waals surface area contributed by atoms with Crippen molar-refractivity contribution in [1.29, 1.82) is 0 Å². The molecule has 9 nitrogen and oxygen atoms in total. The van der Waals surface area contributed by atoms with Crippen LogP contribution in [0.5, 0.6) is 11.5 Å². The highest BCUT2D eigenvalue weighted by atomic mass is 16.5. The predicted octanol–water partition coefficient (Wildman–Crippen LogP) is 4.17. The molecule has 9 heteroatoms. The Kier molecular flexibility index (Phi) is 9.27. The zero-order valence-electron chi connectivity index (χ0n) is 20.5. The van der Waals surface area contributed by atoms with E-state index in [1.165, 1.54) is 0 Å². The number of amides is 4. The first-order chi connectivity index (χ1) is 17.3. The summed E-state index contributed by atoms with van der Waals surface area (Å²) in [6.07, 6.45) is 0. The Labute approximate surface area is 210 Å². The van der Waals surface area contributed by atoms with Crippen LogP contribution in [0, 0.1) is 0 Å². The van der Waals surface area contributed by atoms with Gasteiger partial charge in [0.15, 0.2) is 6.61 Å². The van der Waals surface area contributed by atoms with Gasteiger partial charge >= 0.3 is 6.03 Å². The second kappa shape index (κ2) is 12.8. The molecule has 0 bridgehead atoms. The van der Waals surface area contributed by atoms with Gasteiger partial charge in [-0.25, -0.2) is 4.79 Å². The molecule has 0 spiro atoms. The lowest BCUT2D eigenvalue weighted by Crippen LogP contribution is -2.34. The average molecular weight is 491 g/mol. The molecular weight excluding hydrogens is 460 g/mol. The number of hydrogen-bond acceptors (Lipinski definition) is 5. The molecule has 4 N–H and O–H groups in total. The fourth-order valence-corrected chi connectivity index (χ4v) is 3.17. The van der Waals surface area contributed by atoms with E-state index in [1.807, 2.05) is 26.0 Å². The molecular formula is C27H30N4O5. The highest BCUT2D eigenvalue weighted by molar-refractivity contribution is 5.94. The number of carbonyl (C=O) groups is 3. The maximum absolute atomic E-state index is 12.5. The summed E-state index contributed by atoms with van der Waals surface area (Å²) < 4.78 is 10.6. The number of anilines is 2. The van der Waals surface area contributed by atoms with Crippen LogP contribution in [0.3, 0.4) is 0 Å². The monoisotopic (exact) mass is 490 g/mol. The predicted molar refractivity (Wildman–Crippen MR) is 138 cm³/mol. The maximum atomic E-state index is 12.5. The molecule has 188 valence electrons. The average Bonchev–Trinajstić information content (AvgIpc) is 2.87. The Morgan fingerprint density at radius 1 is 0.833 bits per heavy atom. The molecule has 0 aliphatic carbocycles. The molecule has 0 unspecified atom stereocenters. The third-order valence-electron chi connectivity index (χ3n) is 4.92. The zero-order chi connectivity index (χ0) is 25.9. The molecule has 36 heavy (non-hydrogen) atoms. The summed E-state index contributed by atoms with van der Waals surface area (Å²) in [5.74, 6) is 0.558. The number of rotatable bonds is 10. The normalized spacial score (nSPS) is 10.3. The van der Waals surface area contributed by atoms with Gasteiger partial charge in [-0.3, -0.25) is 9.59 Å². The molecule has 4 amide bonds. The summed E-state index contributed by atoms with van der Waals surface area (Å²) in [5, 5.41) is 11.1. The van der Waals surface area contributed by atoms with Crippen LogP contribution in [0.25, 0.3) is 0 Å². The van der Waals surface area contributed by atoms with Gasteiger partial charge in [-0.15, -0.1) is 0 Å². The summed E-state index contributed by atoms with van der Waals surface area (Å²) in [6, 6.07) is 20.6. The Bertz CT molecular complexity index is 1180. The highest BCUT2D eigenvalue weighted by Gasteiger charge is 2.08. The molecule has 0 saturated carbocycles. The Hall–Kier alpha value is -4.53. The van der Waals surface area contributed by atoms with Gasteiger partial charge in [0.05, 0.1) is 7.11 Å². The van der Waals surface area contributed by atoms with Crippen molar-refractivity contribution < 1.29 is 23.9 Å². The van der Waals surface area contributed by atoms with Crippen LogP contribution >= 0.6 is 0 Å². The number of benzene rings is 3. The number of carbonyl (C=O) groups excluding carboxylic acids is 3. The van der Waals surface area contributed by atoms with Gasteiger partial charge in [0.2, 0.25) is 0 Å². The first kappa shape index (κ1) is 26.1. The van der Waals surface area contributed by atoms with Crippen LogP contribution in [-0.4, -0.2) is 37.6 Å². The highest BCUT2D eigenvalue weighted by Crippen LogP contribution is 2.17. The van der Waals surface area contributed by atoms with Gasteiger partial charge in [0, 0.05) is 35.6 Å². The molecule has 0 fully saturated rings. The SMILES string of the molecule is COc1cccc(NC(=O)COc2ccc(C(=O)NCc3ccc(NC(=O)NC(C)C)cc3)cc2)c1. The van der Waals surface area contributed by atoms with Crippen molar-refractivity contribution in [2.24, 2.45) is 0 Å². The first-order valence-electron chi connectivity index (χ1n) is 11.4. The molecule has 0 atom stereocenters. The van der Waals surface area contributed by atoms with Crippen molar-refractivity contribution in [3.63, 3.8) is 0 Å². The van der Waals surface area contributed by atoms with Gasteiger partial charge in [-0.2, -0.15) is 0 Å². The molecule has 0 aliphatic rings. The topological polar surface area (TPSA) is 118 Å². The van der Waals surface area contributed by atoms with Crippen LogP contribution < -0.4 is 30.7 Å². The van der Waals surface area contributed by atoms with Crippen molar-refractivity contribution in [3.05, 3.63) is 83.9 Å². The number of nitrogens with one attached hydrogen (secondary N) is 4. The summed E-state index contributed by atoms with van der Waals surface area (Å²) >= 11 is 0. The summed E-state index contributed by atoms with van der Waals surface area (Å²) in [6.45, 7) is 3.93. The first-order valence-corrected chi connectivity index (χ1v) is 11.4. The Morgan fingerprint density at radius 2 is 1.56 bits per heavy atom. The molecule has 3 rings (SSSR count). The summed E-state index contributed by atoms with van der Waals surface area (Å²) in [4.78, 5) is 36.4. The standard InChI is InChI=1S/C27H30N4O5/c1-18(2)29-27(34)31-21-11-7-19(8-12-21)16-28-26(33)20-9-13-23(14-10-20)36-17-25(32)30-22-5-4-6-24(15-22)35-3/h4-15,18H,16-17H2,1-3H3,(H,28,33)(H,30,32)(H2,29,31,34). The van der Waals surface area contributed by atoms with Crippen molar-refractivity contribution in [2.45, 2.75) is 26.4 Å². The van der Waals surface area contributed by atoms with Crippen molar-refractivity contribution in [2.75, 3.05) is 24.4 Å². The number of ether oxygens (including phenoxy) is 2. The Balaban J connectivity index is 1.43. The lowest BCUT2D eigenvalue weighted by atomic mass is 10.1. The van der Waals surface area contributed by atoms with Gasteiger partial charge in [0.25, 0.3) is 11.8 Å². The minimum absolute atomic E-state index is 0.0457. The molecule has 3 aromatic rings. The van der Waals surface area contributed by atoms with Crippen molar-refractivity contribution in [1.82, 2.24) is 10.6 Å². The lowest BCUT2D eigenvalue weighted by Gasteiger charge is -2.11. The minimum atomic E-state index is -0.313. The smallest absolute Gasteiger partial charge is 0.319 e. The maximum Gasteiger partial charge on any atom is 0.319 e. The number of hydrogen-bond donors (Lipinski definition) is 4. The second-order valence-corrected chi connectivity index (χ2v) is 8.23. The third-order valence-corrected chi connectivity index (χ3v) is 4.92. The van der Waals surface area contributed by atoms with E-state index < -0.39 is 0 Å². The quantitative estimate of drug-likeness (QED) is 0.340. The van der Waals surface area contributed by atoms with Gasteiger partial charge in [-0.1, -0.05) is 18.2 Å². The van der Waals surface area contributed by atoms with Crippen LogP contribution in [0.4, 0.5) is 16.2 Å². The Morgan fingerprint density at radius 3 is 2.22 bits per heavy atom. The van der Waals surface area contributed by atoms with E-state index >= 15 is 0 Å².